The quantitative estimate of drug-likeness (QED) is 0.840. The first-order valence-electron chi connectivity index (χ1n) is 9.64. The van der Waals surface area contributed by atoms with Crippen molar-refractivity contribution in [1.82, 2.24) is 15.1 Å². The van der Waals surface area contributed by atoms with E-state index in [1.54, 1.807) is 11.9 Å². The van der Waals surface area contributed by atoms with Gasteiger partial charge in [0.2, 0.25) is 5.91 Å². The van der Waals surface area contributed by atoms with Crippen molar-refractivity contribution < 1.29 is 9.59 Å². The van der Waals surface area contributed by atoms with Gasteiger partial charge in [-0.25, -0.2) is 4.79 Å². The Morgan fingerprint density at radius 1 is 1.32 bits per heavy atom. The minimum atomic E-state index is -0.203. The number of urea groups is 1. The summed E-state index contributed by atoms with van der Waals surface area (Å²) >= 11 is 0. The number of carbonyl (C=O) groups is 2. The van der Waals surface area contributed by atoms with Crippen molar-refractivity contribution in [2.75, 3.05) is 17.3 Å². The molecule has 0 aliphatic carbocycles. The van der Waals surface area contributed by atoms with E-state index in [1.807, 2.05) is 35.2 Å². The van der Waals surface area contributed by atoms with Crippen LogP contribution in [0.4, 0.5) is 16.2 Å². The van der Waals surface area contributed by atoms with Crippen molar-refractivity contribution >= 4 is 23.3 Å². The Balaban J connectivity index is 1.59. The van der Waals surface area contributed by atoms with Gasteiger partial charge in [0, 0.05) is 36.3 Å². The van der Waals surface area contributed by atoms with Crippen LogP contribution in [0.2, 0.25) is 0 Å². The van der Waals surface area contributed by atoms with Crippen LogP contribution in [-0.4, -0.2) is 40.1 Å². The topological polar surface area (TPSA) is 81.3 Å². The molecule has 3 rings (SSSR count). The highest BCUT2D eigenvalue weighted by molar-refractivity contribution is 5.96. The zero-order chi connectivity index (χ0) is 20.5. The Morgan fingerprint density at radius 2 is 2.00 bits per heavy atom. The molecule has 28 heavy (non-hydrogen) atoms. The van der Waals surface area contributed by atoms with E-state index in [0.29, 0.717) is 18.7 Å². The highest BCUT2D eigenvalue weighted by atomic mass is 16.2. The van der Waals surface area contributed by atoms with E-state index >= 15 is 0 Å². The molecule has 1 aliphatic heterocycles. The minimum absolute atomic E-state index is 0.0362. The third-order valence-electron chi connectivity index (χ3n) is 5.04. The predicted octanol–water partition coefficient (Wildman–Crippen LogP) is 3.89. The molecule has 0 saturated carbocycles. The Hall–Kier alpha value is -2.83. The third kappa shape index (κ3) is 4.35. The molecule has 2 aromatic rings. The molecule has 3 amide bonds. The number of rotatable bonds is 4. The largest absolute Gasteiger partial charge is 0.322 e. The molecule has 0 spiro atoms. The molecule has 0 unspecified atom stereocenters. The summed E-state index contributed by atoms with van der Waals surface area (Å²) in [6.45, 7) is 8.79. The number of carbonyl (C=O) groups excluding carboxylic acids is 2. The molecule has 1 aliphatic rings. The van der Waals surface area contributed by atoms with Crippen LogP contribution in [0.1, 0.15) is 51.9 Å². The lowest BCUT2D eigenvalue weighted by atomic mass is 9.92. The van der Waals surface area contributed by atoms with E-state index in [9.17, 15) is 9.59 Å². The summed E-state index contributed by atoms with van der Waals surface area (Å²) in [7, 11) is 1.74. The van der Waals surface area contributed by atoms with Gasteiger partial charge >= 0.3 is 6.03 Å². The second-order valence-corrected chi connectivity index (χ2v) is 8.51. The predicted molar refractivity (Wildman–Crippen MR) is 110 cm³/mol. The molecule has 7 heteroatoms. The van der Waals surface area contributed by atoms with Crippen molar-refractivity contribution in [1.29, 1.82) is 0 Å². The first-order chi connectivity index (χ1) is 13.1. The number of amides is 3. The molecule has 0 bridgehead atoms. The van der Waals surface area contributed by atoms with Gasteiger partial charge in [0.25, 0.3) is 0 Å². The SMILES string of the molecule is C[C@@H]1CCC(=O)N1c1ccc(NC(=O)N(C)Cc2cc(C(C)(C)C)n[nH]2)cc1. The first-order valence-corrected chi connectivity index (χ1v) is 9.64. The van der Waals surface area contributed by atoms with E-state index in [1.165, 1.54) is 0 Å². The van der Waals surface area contributed by atoms with Crippen LogP contribution in [0.5, 0.6) is 0 Å². The summed E-state index contributed by atoms with van der Waals surface area (Å²) in [6, 6.07) is 9.41. The third-order valence-corrected chi connectivity index (χ3v) is 5.04. The van der Waals surface area contributed by atoms with Crippen LogP contribution in [0, 0.1) is 0 Å². The molecule has 0 radical (unpaired) electrons. The van der Waals surface area contributed by atoms with Crippen LogP contribution in [0.15, 0.2) is 30.3 Å². The molecule has 1 saturated heterocycles. The van der Waals surface area contributed by atoms with Crippen LogP contribution in [-0.2, 0) is 16.8 Å². The molecule has 1 aromatic heterocycles. The number of nitrogens with zero attached hydrogens (tertiary/aromatic N) is 3. The molecule has 1 atom stereocenters. The van der Waals surface area contributed by atoms with Gasteiger partial charge < -0.3 is 15.1 Å². The molecule has 1 fully saturated rings. The number of anilines is 2. The molecule has 7 nitrogen and oxygen atoms in total. The fourth-order valence-electron chi connectivity index (χ4n) is 3.30. The Morgan fingerprint density at radius 3 is 2.54 bits per heavy atom. The Kier molecular flexibility index (Phi) is 5.45. The lowest BCUT2D eigenvalue weighted by Crippen LogP contribution is -2.31. The average Bonchev–Trinajstić information content (AvgIpc) is 3.22. The van der Waals surface area contributed by atoms with Crippen LogP contribution in [0.3, 0.4) is 0 Å². The summed E-state index contributed by atoms with van der Waals surface area (Å²) < 4.78 is 0. The summed E-state index contributed by atoms with van der Waals surface area (Å²) in [5.41, 5.74) is 3.39. The van der Waals surface area contributed by atoms with Gasteiger partial charge in [0.15, 0.2) is 0 Å². The fraction of sp³-hybridized carbons (Fsp3) is 0.476. The van der Waals surface area contributed by atoms with E-state index in [2.05, 4.69) is 43.2 Å². The molecular formula is C21H29N5O2. The molecule has 2 N–H and O–H groups in total. The first kappa shape index (κ1) is 19.9. The zero-order valence-electron chi connectivity index (χ0n) is 17.2. The summed E-state index contributed by atoms with van der Waals surface area (Å²) in [4.78, 5) is 27.9. The average molecular weight is 383 g/mol. The lowest BCUT2D eigenvalue weighted by molar-refractivity contribution is -0.117. The maximum atomic E-state index is 12.5. The second kappa shape index (κ2) is 7.66. The molecule has 1 aromatic carbocycles. The molecule has 2 heterocycles. The number of H-pyrrole nitrogens is 1. The van der Waals surface area contributed by atoms with Gasteiger partial charge in [-0.2, -0.15) is 5.10 Å². The van der Waals surface area contributed by atoms with Crippen molar-refractivity contribution in [3.8, 4) is 0 Å². The van der Waals surface area contributed by atoms with Gasteiger partial charge in [0.05, 0.1) is 17.9 Å². The van der Waals surface area contributed by atoms with E-state index in [4.69, 9.17) is 0 Å². The van der Waals surface area contributed by atoms with Crippen molar-refractivity contribution in [2.45, 2.75) is 58.5 Å². The summed E-state index contributed by atoms with van der Waals surface area (Å²) in [5, 5.41) is 10.2. The van der Waals surface area contributed by atoms with Crippen LogP contribution >= 0.6 is 0 Å². The number of nitrogens with one attached hydrogen (secondary N) is 2. The van der Waals surface area contributed by atoms with Crippen molar-refractivity contribution in [3.63, 3.8) is 0 Å². The number of benzene rings is 1. The number of hydrogen-bond acceptors (Lipinski definition) is 3. The zero-order valence-corrected chi connectivity index (χ0v) is 17.2. The summed E-state index contributed by atoms with van der Waals surface area (Å²) in [5.74, 6) is 0.151. The van der Waals surface area contributed by atoms with Gasteiger partial charge in [-0.1, -0.05) is 20.8 Å². The summed E-state index contributed by atoms with van der Waals surface area (Å²) in [6.07, 6.45) is 1.47. The normalized spacial score (nSPS) is 17.1. The number of aromatic amines is 1. The van der Waals surface area contributed by atoms with Gasteiger partial charge in [0.1, 0.15) is 0 Å². The maximum Gasteiger partial charge on any atom is 0.321 e. The Bertz CT molecular complexity index is 850. The maximum absolute atomic E-state index is 12.5. The van der Waals surface area contributed by atoms with Crippen LogP contribution in [0.25, 0.3) is 0 Å². The minimum Gasteiger partial charge on any atom is -0.322 e. The van der Waals surface area contributed by atoms with Gasteiger partial charge in [-0.15, -0.1) is 0 Å². The monoisotopic (exact) mass is 383 g/mol. The van der Waals surface area contributed by atoms with Crippen molar-refractivity contribution in [2.24, 2.45) is 0 Å². The number of aromatic nitrogens is 2. The van der Waals surface area contributed by atoms with Gasteiger partial charge in [-0.05, 0) is 43.7 Å². The molecule has 150 valence electrons. The van der Waals surface area contributed by atoms with Gasteiger partial charge in [-0.3, -0.25) is 9.89 Å². The Labute approximate surface area is 166 Å². The van der Waals surface area contributed by atoms with Crippen LogP contribution < -0.4 is 10.2 Å². The fourth-order valence-corrected chi connectivity index (χ4v) is 3.30. The standard InChI is InChI=1S/C21H29N5O2/c1-14-6-11-19(27)26(14)17-9-7-15(8-10-17)22-20(28)25(5)13-16-12-18(24-23-16)21(2,3)4/h7-10,12,14H,6,11,13H2,1-5H3,(H,22,28)(H,23,24)/t14-/m1/s1. The second-order valence-electron chi connectivity index (χ2n) is 8.51. The molecular weight excluding hydrogens is 354 g/mol. The van der Waals surface area contributed by atoms with E-state index in [0.717, 1.165) is 23.5 Å². The lowest BCUT2D eigenvalue weighted by Gasteiger charge is -2.22. The van der Waals surface area contributed by atoms with Crippen molar-refractivity contribution in [3.05, 3.63) is 41.7 Å². The smallest absolute Gasteiger partial charge is 0.321 e. The van der Waals surface area contributed by atoms with E-state index in [-0.39, 0.29) is 23.4 Å². The highest BCUT2D eigenvalue weighted by Gasteiger charge is 2.28. The highest BCUT2D eigenvalue weighted by Crippen LogP contribution is 2.27. The van der Waals surface area contributed by atoms with E-state index < -0.39 is 0 Å². The number of hydrogen-bond donors (Lipinski definition) is 2.